The van der Waals surface area contributed by atoms with Gasteiger partial charge in [-0.1, -0.05) is 62.2 Å². The average molecular weight is 298 g/mol. The lowest BCUT2D eigenvalue weighted by molar-refractivity contribution is -0.708. The van der Waals surface area contributed by atoms with Crippen molar-refractivity contribution in [2.24, 2.45) is 0 Å². The molecule has 2 aromatic rings. The summed E-state index contributed by atoms with van der Waals surface area (Å²) in [5.41, 5.74) is 2.64. The maximum absolute atomic E-state index is 5.96. The van der Waals surface area contributed by atoms with Crippen molar-refractivity contribution >= 4 is 0 Å². The fourth-order valence-electron chi connectivity index (χ4n) is 2.54. The van der Waals surface area contributed by atoms with Crippen molar-refractivity contribution in [3.05, 3.63) is 65.7 Å². The van der Waals surface area contributed by atoms with Gasteiger partial charge < -0.3 is 10.1 Å². The minimum absolute atomic E-state index is 0.453. The number of nitrogens with two attached hydrogens (primary N) is 1. The second-order valence-electron chi connectivity index (χ2n) is 5.80. The molecule has 0 aliphatic rings. The molecule has 118 valence electrons. The van der Waals surface area contributed by atoms with Gasteiger partial charge in [-0.2, -0.15) is 0 Å². The summed E-state index contributed by atoms with van der Waals surface area (Å²) in [5, 5.41) is 2.36. The standard InChI is InChI=1S/C20H27NO/c1-3-4-10-15-22-20-14-9-8-13-19(20)16-21-17(2)18-11-6-5-7-12-18/h5-9,11-14,17,21H,3-4,10,15-16H2,1-2H3/p+1/t17-/m0/s1. The van der Waals surface area contributed by atoms with Gasteiger partial charge in [0.2, 0.25) is 0 Å². The zero-order valence-corrected chi connectivity index (χ0v) is 13.8. The number of unbranched alkanes of at least 4 members (excludes halogenated alkanes) is 2. The summed E-state index contributed by atoms with van der Waals surface area (Å²) in [4.78, 5) is 0. The number of hydrogen-bond acceptors (Lipinski definition) is 1. The summed E-state index contributed by atoms with van der Waals surface area (Å²) >= 11 is 0. The van der Waals surface area contributed by atoms with Gasteiger partial charge in [0.05, 0.1) is 6.61 Å². The van der Waals surface area contributed by atoms with Crippen molar-refractivity contribution < 1.29 is 10.1 Å². The first kappa shape index (κ1) is 16.6. The monoisotopic (exact) mass is 298 g/mol. The fraction of sp³-hybridized carbons (Fsp3) is 0.400. The third-order valence-corrected chi connectivity index (χ3v) is 3.99. The molecule has 0 heterocycles. The molecule has 0 aromatic heterocycles. The molecule has 2 N–H and O–H groups in total. The van der Waals surface area contributed by atoms with Crippen molar-refractivity contribution in [1.29, 1.82) is 0 Å². The van der Waals surface area contributed by atoms with E-state index in [1.807, 2.05) is 0 Å². The number of rotatable bonds is 9. The zero-order chi connectivity index (χ0) is 15.6. The highest BCUT2D eigenvalue weighted by molar-refractivity contribution is 5.32. The van der Waals surface area contributed by atoms with Crippen LogP contribution < -0.4 is 10.1 Å². The van der Waals surface area contributed by atoms with Crippen LogP contribution >= 0.6 is 0 Å². The minimum Gasteiger partial charge on any atom is -0.493 e. The topological polar surface area (TPSA) is 25.8 Å². The number of para-hydroxylation sites is 1. The van der Waals surface area contributed by atoms with E-state index in [0.29, 0.717) is 6.04 Å². The van der Waals surface area contributed by atoms with Crippen LogP contribution in [0.1, 0.15) is 50.3 Å². The Morgan fingerprint density at radius 2 is 1.68 bits per heavy atom. The molecule has 0 aliphatic heterocycles. The lowest BCUT2D eigenvalue weighted by Crippen LogP contribution is -2.83. The van der Waals surface area contributed by atoms with E-state index in [1.165, 1.54) is 24.0 Å². The predicted molar refractivity (Wildman–Crippen MR) is 91.9 cm³/mol. The number of hydrogen-bond donors (Lipinski definition) is 1. The van der Waals surface area contributed by atoms with Crippen LogP contribution in [0, 0.1) is 0 Å². The zero-order valence-electron chi connectivity index (χ0n) is 13.8. The Labute approximate surface area is 134 Å². The van der Waals surface area contributed by atoms with Gasteiger partial charge in [0.25, 0.3) is 0 Å². The second kappa shape index (κ2) is 9.26. The van der Waals surface area contributed by atoms with E-state index in [1.54, 1.807) is 0 Å². The highest BCUT2D eigenvalue weighted by atomic mass is 16.5. The summed E-state index contributed by atoms with van der Waals surface area (Å²) in [6, 6.07) is 19.5. The van der Waals surface area contributed by atoms with E-state index in [9.17, 15) is 0 Å². The molecule has 0 aliphatic carbocycles. The molecule has 1 atom stereocenters. The SMILES string of the molecule is CCCCCOc1ccccc1C[NH2+][C@@H](C)c1ccccc1. The molecule has 22 heavy (non-hydrogen) atoms. The van der Waals surface area contributed by atoms with Crippen LogP contribution in [-0.4, -0.2) is 6.61 Å². The molecular formula is C20H28NO+. The molecule has 2 heteroatoms. The molecule has 0 fully saturated rings. The molecule has 2 nitrogen and oxygen atoms in total. The summed E-state index contributed by atoms with van der Waals surface area (Å²) in [7, 11) is 0. The van der Waals surface area contributed by atoms with Crippen molar-refractivity contribution in [3.63, 3.8) is 0 Å². The molecule has 2 rings (SSSR count). The molecule has 0 unspecified atom stereocenters. The van der Waals surface area contributed by atoms with Crippen LogP contribution in [-0.2, 0) is 6.54 Å². The minimum atomic E-state index is 0.453. The maximum Gasteiger partial charge on any atom is 0.128 e. The Bertz CT molecular complexity index is 538. The largest absolute Gasteiger partial charge is 0.493 e. The van der Waals surface area contributed by atoms with Crippen LogP contribution in [0.3, 0.4) is 0 Å². The van der Waals surface area contributed by atoms with Crippen LogP contribution in [0.2, 0.25) is 0 Å². The molecule has 0 radical (unpaired) electrons. The normalized spacial score (nSPS) is 12.1. The van der Waals surface area contributed by atoms with Gasteiger partial charge >= 0.3 is 0 Å². The van der Waals surface area contributed by atoms with Crippen molar-refractivity contribution in [1.82, 2.24) is 0 Å². The average Bonchev–Trinajstić information content (AvgIpc) is 2.58. The third-order valence-electron chi connectivity index (χ3n) is 3.99. The number of ether oxygens (including phenoxy) is 1. The summed E-state index contributed by atoms with van der Waals surface area (Å²) < 4.78 is 5.96. The van der Waals surface area contributed by atoms with Crippen molar-refractivity contribution in [2.75, 3.05) is 6.61 Å². The molecule has 0 spiro atoms. The van der Waals surface area contributed by atoms with Crippen LogP contribution in [0.5, 0.6) is 5.75 Å². The van der Waals surface area contributed by atoms with E-state index < -0.39 is 0 Å². The van der Waals surface area contributed by atoms with Gasteiger partial charge in [-0.3, -0.25) is 0 Å². The van der Waals surface area contributed by atoms with Crippen molar-refractivity contribution in [3.8, 4) is 5.75 Å². The highest BCUT2D eigenvalue weighted by Crippen LogP contribution is 2.18. The quantitative estimate of drug-likeness (QED) is 0.694. The Morgan fingerprint density at radius 1 is 0.955 bits per heavy atom. The van der Waals surface area contributed by atoms with E-state index in [4.69, 9.17) is 4.74 Å². The van der Waals surface area contributed by atoms with E-state index >= 15 is 0 Å². The lowest BCUT2D eigenvalue weighted by atomic mass is 10.1. The number of benzene rings is 2. The first-order chi connectivity index (χ1) is 10.8. The number of quaternary nitrogens is 1. The lowest BCUT2D eigenvalue weighted by Gasteiger charge is -2.14. The van der Waals surface area contributed by atoms with Gasteiger partial charge in [-0.15, -0.1) is 0 Å². The van der Waals surface area contributed by atoms with E-state index in [2.05, 4.69) is 73.8 Å². The summed E-state index contributed by atoms with van der Waals surface area (Å²) in [6.45, 7) is 6.23. The second-order valence-corrected chi connectivity index (χ2v) is 5.80. The Hall–Kier alpha value is -1.80. The Morgan fingerprint density at radius 3 is 2.45 bits per heavy atom. The smallest absolute Gasteiger partial charge is 0.128 e. The van der Waals surface area contributed by atoms with Gasteiger partial charge in [0.1, 0.15) is 18.3 Å². The van der Waals surface area contributed by atoms with Crippen molar-refractivity contribution in [2.45, 2.75) is 45.7 Å². The fourth-order valence-corrected chi connectivity index (χ4v) is 2.54. The van der Waals surface area contributed by atoms with Crippen LogP contribution in [0.25, 0.3) is 0 Å². The van der Waals surface area contributed by atoms with Gasteiger partial charge in [0, 0.05) is 11.1 Å². The molecule has 0 saturated carbocycles. The van der Waals surface area contributed by atoms with Crippen LogP contribution in [0.4, 0.5) is 0 Å². The molecule has 2 aromatic carbocycles. The highest BCUT2D eigenvalue weighted by Gasteiger charge is 2.10. The first-order valence-electron chi connectivity index (χ1n) is 8.40. The molecule has 0 amide bonds. The van der Waals surface area contributed by atoms with Gasteiger partial charge in [-0.05, 0) is 25.5 Å². The van der Waals surface area contributed by atoms with E-state index in [0.717, 1.165) is 25.3 Å². The maximum atomic E-state index is 5.96. The first-order valence-corrected chi connectivity index (χ1v) is 8.40. The van der Waals surface area contributed by atoms with Crippen LogP contribution in [0.15, 0.2) is 54.6 Å². The predicted octanol–water partition coefficient (Wildman–Crippen LogP) is 4.08. The van der Waals surface area contributed by atoms with E-state index in [-0.39, 0.29) is 0 Å². The third kappa shape index (κ3) is 5.19. The molecule has 0 bridgehead atoms. The summed E-state index contributed by atoms with van der Waals surface area (Å²) in [5.74, 6) is 1.04. The van der Waals surface area contributed by atoms with Gasteiger partial charge in [0.15, 0.2) is 0 Å². The summed E-state index contributed by atoms with van der Waals surface area (Å²) in [6.07, 6.45) is 3.60. The van der Waals surface area contributed by atoms with Gasteiger partial charge in [-0.25, -0.2) is 0 Å². The molecular weight excluding hydrogens is 270 g/mol. The molecule has 0 saturated heterocycles. The Kier molecular flexibility index (Phi) is 6.98. The Balaban J connectivity index is 1.89.